The third-order valence-electron chi connectivity index (χ3n) is 5.65. The molecule has 0 unspecified atom stereocenters. The van der Waals surface area contributed by atoms with Crippen LogP contribution >= 0.6 is 0 Å². The molecule has 2 aromatic heterocycles. The molecule has 3 aromatic rings. The zero-order valence-electron chi connectivity index (χ0n) is 17.0. The smallest absolute Gasteiger partial charge is 0.255 e. The minimum atomic E-state index is -0.0370. The molecule has 1 N–H and O–H groups in total. The molecule has 1 aromatic carbocycles. The van der Waals surface area contributed by atoms with Crippen molar-refractivity contribution >= 4 is 22.6 Å². The Hall–Kier alpha value is -2.95. The molecule has 0 spiro atoms. The van der Waals surface area contributed by atoms with E-state index in [4.69, 9.17) is 0 Å². The number of benzene rings is 1. The highest BCUT2D eigenvalue weighted by atomic mass is 16.2. The van der Waals surface area contributed by atoms with Crippen LogP contribution < -0.4 is 0 Å². The maximum Gasteiger partial charge on any atom is 0.255 e. The Morgan fingerprint density at radius 3 is 2.79 bits per heavy atom. The number of ketones is 1. The largest absolute Gasteiger partial charge is 0.360 e. The fourth-order valence-electron chi connectivity index (χ4n) is 4.14. The van der Waals surface area contributed by atoms with Gasteiger partial charge in [-0.25, -0.2) is 0 Å². The number of aromatic nitrogens is 2. The predicted molar refractivity (Wildman–Crippen MR) is 115 cm³/mol. The second-order valence-electron chi connectivity index (χ2n) is 8.33. The summed E-state index contributed by atoms with van der Waals surface area (Å²) in [5, 5.41) is 1.11. The monoisotopic (exact) mass is 389 g/mol. The summed E-state index contributed by atoms with van der Waals surface area (Å²) in [7, 11) is 0. The first-order chi connectivity index (χ1) is 14.0. The van der Waals surface area contributed by atoms with E-state index in [9.17, 15) is 9.59 Å². The molecule has 5 nitrogen and oxygen atoms in total. The molecule has 150 valence electrons. The lowest BCUT2D eigenvalue weighted by Crippen LogP contribution is -2.42. The molecular formula is C24H27N3O2. The number of likely N-dealkylation sites (tertiary alicyclic amines) is 1. The standard InChI is InChI=1S/C24H27N3O2/c1-16(2)12-23(28)18-6-5-11-27(15-18)24(29)17-9-10-22(25-13-17)20-14-26-21-8-4-3-7-19(20)21/h3-4,7-10,13-14,16,18,26H,5-6,11-12,15H2,1-2H3/t18-/m0/s1. The van der Waals surface area contributed by atoms with Crippen molar-refractivity contribution in [3.63, 3.8) is 0 Å². The van der Waals surface area contributed by atoms with E-state index in [0.717, 1.165) is 35.0 Å². The first kappa shape index (κ1) is 19.4. The van der Waals surface area contributed by atoms with Crippen LogP contribution in [0.1, 0.15) is 43.5 Å². The average molecular weight is 389 g/mol. The third-order valence-corrected chi connectivity index (χ3v) is 5.65. The van der Waals surface area contributed by atoms with Gasteiger partial charge in [0.25, 0.3) is 5.91 Å². The number of carbonyl (C=O) groups is 2. The molecule has 0 saturated carbocycles. The number of pyridine rings is 1. The molecule has 4 rings (SSSR count). The maximum absolute atomic E-state index is 13.0. The number of H-pyrrole nitrogens is 1. The number of rotatable bonds is 5. The van der Waals surface area contributed by atoms with Crippen molar-refractivity contribution in [2.24, 2.45) is 11.8 Å². The molecule has 1 atom stereocenters. The lowest BCUT2D eigenvalue weighted by atomic mass is 9.89. The van der Waals surface area contributed by atoms with E-state index in [1.807, 2.05) is 41.4 Å². The molecule has 1 aliphatic heterocycles. The first-order valence-corrected chi connectivity index (χ1v) is 10.4. The van der Waals surface area contributed by atoms with Gasteiger partial charge in [-0.1, -0.05) is 32.0 Å². The Kier molecular flexibility index (Phi) is 5.47. The second-order valence-corrected chi connectivity index (χ2v) is 8.33. The molecule has 0 radical (unpaired) electrons. The Morgan fingerprint density at radius 1 is 1.21 bits per heavy atom. The number of nitrogens with one attached hydrogen (secondary N) is 1. The van der Waals surface area contributed by atoms with Gasteiger partial charge in [-0.2, -0.15) is 0 Å². The number of Topliss-reactive ketones (excluding diaryl/α,β-unsaturated/α-hetero) is 1. The van der Waals surface area contributed by atoms with Gasteiger partial charge in [-0.3, -0.25) is 14.6 Å². The number of para-hydroxylation sites is 1. The van der Waals surface area contributed by atoms with Crippen molar-refractivity contribution in [2.75, 3.05) is 13.1 Å². The summed E-state index contributed by atoms with van der Waals surface area (Å²) in [6.45, 7) is 5.35. The van der Waals surface area contributed by atoms with Crippen LogP contribution in [0.5, 0.6) is 0 Å². The lowest BCUT2D eigenvalue weighted by molar-refractivity contribution is -0.124. The Morgan fingerprint density at radius 2 is 2.03 bits per heavy atom. The predicted octanol–water partition coefficient (Wildman–Crippen LogP) is 4.70. The molecule has 3 heterocycles. The minimum Gasteiger partial charge on any atom is -0.360 e. The summed E-state index contributed by atoms with van der Waals surface area (Å²) >= 11 is 0. The van der Waals surface area contributed by atoms with Gasteiger partial charge in [0.15, 0.2) is 0 Å². The van der Waals surface area contributed by atoms with Crippen molar-refractivity contribution in [3.8, 4) is 11.3 Å². The number of piperidine rings is 1. The third kappa shape index (κ3) is 4.09. The zero-order valence-corrected chi connectivity index (χ0v) is 17.0. The van der Waals surface area contributed by atoms with Gasteiger partial charge in [0.1, 0.15) is 5.78 Å². The van der Waals surface area contributed by atoms with Gasteiger partial charge in [0, 0.05) is 54.3 Å². The number of amides is 1. The van der Waals surface area contributed by atoms with Crippen LogP contribution in [0.15, 0.2) is 48.8 Å². The van der Waals surface area contributed by atoms with Crippen LogP contribution in [0.4, 0.5) is 0 Å². The van der Waals surface area contributed by atoms with E-state index in [-0.39, 0.29) is 17.6 Å². The molecule has 29 heavy (non-hydrogen) atoms. The van der Waals surface area contributed by atoms with Gasteiger partial charge in [0.05, 0.1) is 11.3 Å². The number of carbonyl (C=O) groups excluding carboxylic acids is 2. The molecule has 1 aliphatic rings. The number of nitrogens with zero attached hydrogens (tertiary/aromatic N) is 2. The lowest BCUT2D eigenvalue weighted by Gasteiger charge is -2.32. The number of fused-ring (bicyclic) bond motifs is 1. The number of hydrogen-bond donors (Lipinski definition) is 1. The fraction of sp³-hybridized carbons (Fsp3) is 0.375. The van der Waals surface area contributed by atoms with Crippen LogP contribution in [-0.4, -0.2) is 39.6 Å². The molecule has 0 bridgehead atoms. The number of aromatic amines is 1. The van der Waals surface area contributed by atoms with E-state index < -0.39 is 0 Å². The highest BCUT2D eigenvalue weighted by molar-refractivity contribution is 5.97. The van der Waals surface area contributed by atoms with E-state index in [1.54, 1.807) is 6.20 Å². The summed E-state index contributed by atoms with van der Waals surface area (Å²) in [5.41, 5.74) is 3.50. The van der Waals surface area contributed by atoms with Gasteiger partial charge < -0.3 is 9.88 Å². The quantitative estimate of drug-likeness (QED) is 0.688. The highest BCUT2D eigenvalue weighted by Gasteiger charge is 2.29. The molecule has 5 heteroatoms. The Bertz CT molecular complexity index is 1020. The molecule has 1 fully saturated rings. The topological polar surface area (TPSA) is 66.1 Å². The highest BCUT2D eigenvalue weighted by Crippen LogP contribution is 2.27. The molecule has 0 aliphatic carbocycles. The molecular weight excluding hydrogens is 362 g/mol. The van der Waals surface area contributed by atoms with Crippen LogP contribution in [0.3, 0.4) is 0 Å². The van der Waals surface area contributed by atoms with Crippen molar-refractivity contribution in [1.29, 1.82) is 0 Å². The van der Waals surface area contributed by atoms with E-state index in [1.165, 1.54) is 0 Å². The van der Waals surface area contributed by atoms with Crippen molar-refractivity contribution in [2.45, 2.75) is 33.1 Å². The minimum absolute atomic E-state index is 0.0337. The maximum atomic E-state index is 13.0. The van der Waals surface area contributed by atoms with Crippen molar-refractivity contribution < 1.29 is 9.59 Å². The summed E-state index contributed by atoms with van der Waals surface area (Å²) in [5.74, 6) is 0.568. The van der Waals surface area contributed by atoms with Gasteiger partial charge >= 0.3 is 0 Å². The summed E-state index contributed by atoms with van der Waals surface area (Å²) in [4.78, 5) is 35.0. The Balaban J connectivity index is 1.49. The van der Waals surface area contributed by atoms with Gasteiger partial charge in [-0.15, -0.1) is 0 Å². The van der Waals surface area contributed by atoms with Crippen molar-refractivity contribution in [1.82, 2.24) is 14.9 Å². The van der Waals surface area contributed by atoms with E-state index in [2.05, 4.69) is 29.9 Å². The first-order valence-electron chi connectivity index (χ1n) is 10.4. The molecule has 1 amide bonds. The van der Waals surface area contributed by atoms with Gasteiger partial charge in [0.2, 0.25) is 0 Å². The van der Waals surface area contributed by atoms with Crippen molar-refractivity contribution in [3.05, 3.63) is 54.4 Å². The average Bonchev–Trinajstić information content (AvgIpc) is 3.17. The van der Waals surface area contributed by atoms with Crippen LogP contribution in [0, 0.1) is 11.8 Å². The van der Waals surface area contributed by atoms with Crippen LogP contribution in [0.2, 0.25) is 0 Å². The van der Waals surface area contributed by atoms with Crippen LogP contribution in [-0.2, 0) is 4.79 Å². The number of hydrogen-bond acceptors (Lipinski definition) is 3. The summed E-state index contributed by atoms with van der Waals surface area (Å²) in [6.07, 6.45) is 5.95. The summed E-state index contributed by atoms with van der Waals surface area (Å²) in [6, 6.07) is 11.8. The summed E-state index contributed by atoms with van der Waals surface area (Å²) < 4.78 is 0. The fourth-order valence-corrected chi connectivity index (χ4v) is 4.14. The van der Waals surface area contributed by atoms with E-state index >= 15 is 0 Å². The normalized spacial score (nSPS) is 17.1. The Labute approximate surface area is 171 Å². The van der Waals surface area contributed by atoms with Gasteiger partial charge in [-0.05, 0) is 37.0 Å². The zero-order chi connectivity index (χ0) is 20.4. The van der Waals surface area contributed by atoms with E-state index in [0.29, 0.717) is 31.0 Å². The van der Waals surface area contributed by atoms with Crippen LogP contribution in [0.25, 0.3) is 22.2 Å². The SMILES string of the molecule is CC(C)CC(=O)[C@H]1CCCN(C(=O)c2ccc(-c3c[nH]c4ccccc34)nc2)C1. The molecule has 1 saturated heterocycles. The second kappa shape index (κ2) is 8.19.